The summed E-state index contributed by atoms with van der Waals surface area (Å²) in [6, 6.07) is 12.5. The van der Waals surface area contributed by atoms with Gasteiger partial charge in [-0.15, -0.1) is 4.99 Å². The number of carbonyl (C=O) groups is 1. The topological polar surface area (TPSA) is 102 Å². The van der Waals surface area contributed by atoms with E-state index in [1.54, 1.807) is 7.05 Å². The quantitative estimate of drug-likeness (QED) is 0.362. The molecular weight excluding hydrogens is 414 g/mol. The van der Waals surface area contributed by atoms with Gasteiger partial charge in [0.05, 0.1) is 5.56 Å². The minimum Gasteiger partial charge on any atom is -0.465 e. The van der Waals surface area contributed by atoms with Crippen LogP contribution in [0.2, 0.25) is 0 Å². The summed E-state index contributed by atoms with van der Waals surface area (Å²) in [5.74, 6) is 1.86. The Morgan fingerprint density at radius 2 is 1.91 bits per heavy atom. The van der Waals surface area contributed by atoms with E-state index in [4.69, 9.17) is 9.68 Å². The molecule has 1 fully saturated rings. The first-order valence-corrected chi connectivity index (χ1v) is 11.5. The molecule has 1 amide bonds. The maximum absolute atomic E-state index is 13.1. The highest BCUT2D eigenvalue weighted by atomic mass is 16.3. The average Bonchev–Trinajstić information content (AvgIpc) is 3.21. The van der Waals surface area contributed by atoms with Crippen LogP contribution in [0.15, 0.2) is 45.8 Å². The summed E-state index contributed by atoms with van der Waals surface area (Å²) in [5, 5.41) is 18.3. The van der Waals surface area contributed by atoms with Gasteiger partial charge in [-0.2, -0.15) is 5.26 Å². The zero-order valence-corrected chi connectivity index (χ0v) is 20.3. The van der Waals surface area contributed by atoms with Crippen LogP contribution < -0.4 is 16.0 Å². The molecule has 7 nitrogen and oxygen atoms in total. The van der Waals surface area contributed by atoms with Gasteiger partial charge in [-0.05, 0) is 44.2 Å². The van der Waals surface area contributed by atoms with Gasteiger partial charge in [-0.25, -0.2) is 0 Å². The number of aliphatic imine (C=N–C) groups is 1. The summed E-state index contributed by atoms with van der Waals surface area (Å²) in [5.41, 5.74) is 1.54. The fraction of sp³-hybridized carbons (Fsp3) is 0.500. The Kier molecular flexibility index (Phi) is 7.47. The third-order valence-corrected chi connectivity index (χ3v) is 6.56. The van der Waals surface area contributed by atoms with Crippen molar-refractivity contribution in [3.8, 4) is 6.19 Å². The molecule has 0 unspecified atom stereocenters. The summed E-state index contributed by atoms with van der Waals surface area (Å²) in [4.78, 5) is 16.9. The van der Waals surface area contributed by atoms with Gasteiger partial charge in [0.2, 0.25) is 12.2 Å². The van der Waals surface area contributed by atoms with Crippen LogP contribution >= 0.6 is 0 Å². The fourth-order valence-electron chi connectivity index (χ4n) is 4.50. The van der Waals surface area contributed by atoms with Crippen LogP contribution in [0.4, 0.5) is 0 Å². The lowest BCUT2D eigenvalue weighted by molar-refractivity contribution is 0.0933. The predicted octanol–water partition coefficient (Wildman–Crippen LogP) is 4.14. The predicted molar refractivity (Wildman–Crippen MR) is 130 cm³/mol. The van der Waals surface area contributed by atoms with Crippen molar-refractivity contribution in [2.45, 2.75) is 70.3 Å². The van der Waals surface area contributed by atoms with E-state index in [0.717, 1.165) is 31.4 Å². The first-order chi connectivity index (χ1) is 15.7. The van der Waals surface area contributed by atoms with Crippen LogP contribution in [0.25, 0.3) is 0 Å². The lowest BCUT2D eigenvalue weighted by Crippen LogP contribution is -2.49. The summed E-state index contributed by atoms with van der Waals surface area (Å²) >= 11 is 0. The normalized spacial score (nSPS) is 21.2. The van der Waals surface area contributed by atoms with Crippen molar-refractivity contribution in [1.29, 1.82) is 5.26 Å². The second-order valence-electron chi connectivity index (χ2n) is 9.89. The molecule has 1 saturated carbocycles. The van der Waals surface area contributed by atoms with Gasteiger partial charge in [0, 0.05) is 30.5 Å². The lowest BCUT2D eigenvalue weighted by atomic mass is 9.68. The highest BCUT2D eigenvalue weighted by molar-refractivity contribution is 5.95. The monoisotopic (exact) mass is 449 g/mol. The van der Waals surface area contributed by atoms with E-state index in [1.807, 2.05) is 25.2 Å². The van der Waals surface area contributed by atoms with Crippen molar-refractivity contribution in [3.63, 3.8) is 0 Å². The van der Waals surface area contributed by atoms with Gasteiger partial charge < -0.3 is 20.4 Å². The third-order valence-electron chi connectivity index (χ3n) is 6.56. The number of benzene rings is 1. The first-order valence-electron chi connectivity index (χ1n) is 11.5. The minimum absolute atomic E-state index is 0.0964. The van der Waals surface area contributed by atoms with E-state index in [2.05, 4.69) is 66.0 Å². The smallest absolute Gasteiger partial charge is 0.254 e. The van der Waals surface area contributed by atoms with Crippen molar-refractivity contribution < 1.29 is 9.21 Å². The molecule has 3 rings (SSSR count). The molecule has 0 radical (unpaired) electrons. The highest BCUT2D eigenvalue weighted by Gasteiger charge is 2.37. The molecule has 0 aliphatic heterocycles. The van der Waals surface area contributed by atoms with Crippen LogP contribution in [-0.2, 0) is 10.8 Å². The number of nitriles is 1. The molecule has 0 bridgehead atoms. The zero-order valence-electron chi connectivity index (χ0n) is 20.3. The van der Waals surface area contributed by atoms with Gasteiger partial charge in [-0.3, -0.25) is 4.79 Å². The largest absolute Gasteiger partial charge is 0.465 e. The van der Waals surface area contributed by atoms with E-state index in [9.17, 15) is 4.79 Å². The van der Waals surface area contributed by atoms with E-state index in [1.165, 1.54) is 5.56 Å². The van der Waals surface area contributed by atoms with Gasteiger partial charge in [0.25, 0.3) is 5.91 Å². The molecule has 176 valence electrons. The van der Waals surface area contributed by atoms with Gasteiger partial charge in [-0.1, -0.05) is 51.1 Å². The standard InChI is InChI=1S/C26H35N5O2/c1-18-21(15-22(33-18)25(2,3)4)23(32)29-16-26(19-9-7-6-8-10-19)13-11-20(12-14-26)31-24(28-5)30-17-27/h6-10,15,20H,11-14,16H2,1-5H3,(H,29,32)(H2,28,30,31)/t20-,26-. The summed E-state index contributed by atoms with van der Waals surface area (Å²) in [6.45, 7) is 8.62. The Morgan fingerprint density at radius 3 is 2.45 bits per heavy atom. The van der Waals surface area contributed by atoms with Crippen LogP contribution in [0.1, 0.15) is 73.9 Å². The fourth-order valence-corrected chi connectivity index (χ4v) is 4.50. The molecule has 2 aromatic rings. The maximum atomic E-state index is 13.1. The molecule has 1 heterocycles. The lowest BCUT2D eigenvalue weighted by Gasteiger charge is -2.41. The number of rotatable bonds is 5. The number of hydrogen-bond donors (Lipinski definition) is 3. The van der Waals surface area contributed by atoms with Gasteiger partial charge in [0.15, 0.2) is 0 Å². The maximum Gasteiger partial charge on any atom is 0.254 e. The SMILES string of the molecule is CN/C(=N\C#N)N[C@H]1CC[C@](CNC(=O)c2cc(C(C)(C)C)oc2C)(c2ccccc2)CC1. The Labute approximate surface area is 196 Å². The number of amides is 1. The zero-order chi connectivity index (χ0) is 24.1. The molecule has 1 aliphatic carbocycles. The van der Waals surface area contributed by atoms with Crippen LogP contribution in [0.3, 0.4) is 0 Å². The first kappa shape index (κ1) is 24.4. The molecule has 0 atom stereocenters. The van der Waals surface area contributed by atoms with E-state index >= 15 is 0 Å². The van der Waals surface area contributed by atoms with E-state index < -0.39 is 0 Å². The van der Waals surface area contributed by atoms with Crippen molar-refractivity contribution in [2.75, 3.05) is 13.6 Å². The van der Waals surface area contributed by atoms with Gasteiger partial charge in [0.1, 0.15) is 11.5 Å². The van der Waals surface area contributed by atoms with Crippen molar-refractivity contribution >= 4 is 11.9 Å². The summed E-state index contributed by atoms with van der Waals surface area (Å²) < 4.78 is 5.87. The molecule has 1 aliphatic rings. The molecule has 7 heteroatoms. The van der Waals surface area contributed by atoms with Gasteiger partial charge >= 0.3 is 0 Å². The van der Waals surface area contributed by atoms with E-state index in [0.29, 0.717) is 23.8 Å². The van der Waals surface area contributed by atoms with Crippen LogP contribution in [0.5, 0.6) is 0 Å². The molecule has 0 spiro atoms. The number of aryl methyl sites for hydroxylation is 1. The molecule has 3 N–H and O–H groups in total. The average molecular weight is 450 g/mol. The van der Waals surface area contributed by atoms with E-state index in [-0.39, 0.29) is 22.8 Å². The molecule has 0 saturated heterocycles. The number of hydrogen-bond acceptors (Lipinski definition) is 4. The Morgan fingerprint density at radius 1 is 1.24 bits per heavy atom. The second-order valence-corrected chi connectivity index (χ2v) is 9.89. The highest BCUT2D eigenvalue weighted by Crippen LogP contribution is 2.39. The molecular formula is C26H35N5O2. The molecule has 1 aromatic carbocycles. The van der Waals surface area contributed by atoms with Crippen LogP contribution in [-0.4, -0.2) is 31.5 Å². The Bertz CT molecular complexity index is 1020. The number of nitrogens with zero attached hydrogens (tertiary/aromatic N) is 2. The minimum atomic E-state index is -0.152. The number of guanidine groups is 1. The molecule has 1 aromatic heterocycles. The summed E-state index contributed by atoms with van der Waals surface area (Å²) in [6.07, 6.45) is 5.47. The molecule has 33 heavy (non-hydrogen) atoms. The number of carbonyl (C=O) groups excluding carboxylic acids is 1. The Balaban J connectivity index is 1.74. The Hall–Kier alpha value is -3.27. The van der Waals surface area contributed by atoms with Crippen LogP contribution in [0, 0.1) is 18.4 Å². The van der Waals surface area contributed by atoms with Crippen molar-refractivity contribution in [1.82, 2.24) is 16.0 Å². The number of furan rings is 1. The second kappa shape index (κ2) is 10.1. The van der Waals surface area contributed by atoms with Crippen molar-refractivity contribution in [2.24, 2.45) is 4.99 Å². The number of nitrogens with one attached hydrogen (secondary N) is 3. The summed E-state index contributed by atoms with van der Waals surface area (Å²) in [7, 11) is 1.75. The third kappa shape index (κ3) is 5.75. The van der Waals surface area contributed by atoms with Crippen molar-refractivity contribution in [3.05, 3.63) is 59.0 Å².